The molecule has 1 atom stereocenters. The fourth-order valence-corrected chi connectivity index (χ4v) is 2.51. The molecule has 1 aromatic rings. The third-order valence-corrected chi connectivity index (χ3v) is 3.82. The van der Waals surface area contributed by atoms with E-state index in [4.69, 9.17) is 0 Å². The van der Waals surface area contributed by atoms with Gasteiger partial charge in [-0.15, -0.1) is 0 Å². The second kappa shape index (κ2) is 7.06. The van der Waals surface area contributed by atoms with Crippen molar-refractivity contribution in [1.29, 1.82) is 0 Å². The largest absolute Gasteiger partial charge is 0.391 e. The fourth-order valence-electron chi connectivity index (χ4n) is 2.51. The number of nitrogens with zero attached hydrogens (tertiary/aromatic N) is 1. The average molecular weight is 261 g/mol. The Morgan fingerprint density at radius 1 is 1.21 bits per heavy atom. The molecule has 0 amide bonds. The molecule has 1 fully saturated rings. The van der Waals surface area contributed by atoms with Gasteiger partial charge in [-0.3, -0.25) is 4.90 Å². The molecule has 1 aliphatic carbocycles. The molecule has 1 unspecified atom stereocenters. The van der Waals surface area contributed by atoms with Crippen LogP contribution in [0, 0.1) is 5.92 Å². The Morgan fingerprint density at radius 3 is 2.47 bits per heavy atom. The monoisotopic (exact) mass is 261 g/mol. The number of hydrogen-bond donors (Lipinski definition) is 1. The Morgan fingerprint density at radius 2 is 1.89 bits per heavy atom. The van der Waals surface area contributed by atoms with Crippen molar-refractivity contribution in [2.75, 3.05) is 13.1 Å². The van der Waals surface area contributed by atoms with Gasteiger partial charge in [-0.25, -0.2) is 0 Å². The number of rotatable bonds is 8. The molecule has 2 heteroatoms. The highest BCUT2D eigenvalue weighted by atomic mass is 16.3. The number of benzene rings is 1. The van der Waals surface area contributed by atoms with E-state index in [-0.39, 0.29) is 6.10 Å². The van der Waals surface area contributed by atoms with Crippen molar-refractivity contribution in [3.63, 3.8) is 0 Å². The molecule has 0 spiro atoms. The standard InChI is InChI=1S/C17H27NO/c1-14(2)10-11-18(16-8-9-16)13-17(19)12-15-6-4-3-5-7-15/h3-7,14,16-17,19H,8-13H2,1-2H3. The van der Waals surface area contributed by atoms with Gasteiger partial charge >= 0.3 is 0 Å². The Labute approximate surface area is 117 Å². The van der Waals surface area contributed by atoms with Gasteiger partial charge in [0.1, 0.15) is 0 Å². The van der Waals surface area contributed by atoms with Gasteiger partial charge in [0.05, 0.1) is 6.10 Å². The summed E-state index contributed by atoms with van der Waals surface area (Å²) >= 11 is 0. The van der Waals surface area contributed by atoms with Gasteiger partial charge in [0.15, 0.2) is 0 Å². The van der Waals surface area contributed by atoms with Crippen LogP contribution >= 0.6 is 0 Å². The van der Waals surface area contributed by atoms with E-state index < -0.39 is 0 Å². The summed E-state index contributed by atoms with van der Waals surface area (Å²) in [5.41, 5.74) is 1.23. The highest BCUT2D eigenvalue weighted by Crippen LogP contribution is 2.27. The lowest BCUT2D eigenvalue weighted by Crippen LogP contribution is -2.36. The van der Waals surface area contributed by atoms with E-state index in [1.54, 1.807) is 0 Å². The second-order valence-corrected chi connectivity index (χ2v) is 6.25. The van der Waals surface area contributed by atoms with Crippen molar-refractivity contribution in [3.8, 4) is 0 Å². The molecule has 0 aromatic heterocycles. The number of aliphatic hydroxyl groups excluding tert-OH is 1. The maximum atomic E-state index is 10.3. The van der Waals surface area contributed by atoms with E-state index >= 15 is 0 Å². The van der Waals surface area contributed by atoms with Crippen LogP contribution in [0.4, 0.5) is 0 Å². The van der Waals surface area contributed by atoms with E-state index in [1.165, 1.54) is 24.8 Å². The van der Waals surface area contributed by atoms with Crippen LogP contribution in [0.2, 0.25) is 0 Å². The van der Waals surface area contributed by atoms with Crippen LogP contribution in [0.15, 0.2) is 30.3 Å². The predicted molar refractivity (Wildman–Crippen MR) is 80.2 cm³/mol. The zero-order valence-electron chi connectivity index (χ0n) is 12.3. The van der Waals surface area contributed by atoms with Crippen LogP contribution in [0.1, 0.15) is 38.7 Å². The van der Waals surface area contributed by atoms with Crippen LogP contribution < -0.4 is 0 Å². The topological polar surface area (TPSA) is 23.5 Å². The molecular formula is C17H27NO. The summed E-state index contributed by atoms with van der Waals surface area (Å²) < 4.78 is 0. The van der Waals surface area contributed by atoms with Crippen LogP contribution in [0.5, 0.6) is 0 Å². The Kier molecular flexibility index (Phi) is 5.41. The van der Waals surface area contributed by atoms with Crippen LogP contribution in [0.3, 0.4) is 0 Å². The fraction of sp³-hybridized carbons (Fsp3) is 0.647. The summed E-state index contributed by atoms with van der Waals surface area (Å²) in [4.78, 5) is 2.49. The van der Waals surface area contributed by atoms with Crippen molar-refractivity contribution in [3.05, 3.63) is 35.9 Å². The zero-order valence-corrected chi connectivity index (χ0v) is 12.3. The molecule has 0 radical (unpaired) electrons. The Bertz CT molecular complexity index is 359. The minimum absolute atomic E-state index is 0.241. The van der Waals surface area contributed by atoms with Gasteiger partial charge in [0.25, 0.3) is 0 Å². The maximum Gasteiger partial charge on any atom is 0.0707 e. The summed E-state index contributed by atoms with van der Waals surface area (Å²) in [5.74, 6) is 0.743. The van der Waals surface area contributed by atoms with E-state index in [9.17, 15) is 5.11 Å². The Hall–Kier alpha value is -0.860. The van der Waals surface area contributed by atoms with Crippen molar-refractivity contribution in [1.82, 2.24) is 4.90 Å². The van der Waals surface area contributed by atoms with E-state index in [2.05, 4.69) is 30.9 Å². The molecular weight excluding hydrogens is 234 g/mol. The summed E-state index contributed by atoms with van der Waals surface area (Å²) in [6.45, 7) is 6.50. The smallest absolute Gasteiger partial charge is 0.0707 e. The molecule has 106 valence electrons. The zero-order chi connectivity index (χ0) is 13.7. The maximum absolute atomic E-state index is 10.3. The minimum atomic E-state index is -0.241. The molecule has 0 heterocycles. The van der Waals surface area contributed by atoms with E-state index in [0.29, 0.717) is 0 Å². The highest BCUT2D eigenvalue weighted by molar-refractivity contribution is 5.15. The Balaban J connectivity index is 1.79. The second-order valence-electron chi connectivity index (χ2n) is 6.25. The van der Waals surface area contributed by atoms with Crippen molar-refractivity contribution < 1.29 is 5.11 Å². The van der Waals surface area contributed by atoms with E-state index in [1.807, 2.05) is 18.2 Å². The first kappa shape index (κ1) is 14.5. The average Bonchev–Trinajstić information content (AvgIpc) is 3.19. The lowest BCUT2D eigenvalue weighted by atomic mass is 10.1. The normalized spacial score (nSPS) is 17.1. The minimum Gasteiger partial charge on any atom is -0.391 e. The van der Waals surface area contributed by atoms with Gasteiger partial charge in [0.2, 0.25) is 0 Å². The first-order valence-electron chi connectivity index (χ1n) is 7.61. The van der Waals surface area contributed by atoms with Crippen molar-refractivity contribution in [2.24, 2.45) is 5.92 Å². The lowest BCUT2D eigenvalue weighted by Gasteiger charge is -2.25. The van der Waals surface area contributed by atoms with Crippen LogP contribution in [-0.2, 0) is 6.42 Å². The molecule has 1 aliphatic rings. The molecule has 2 nitrogen and oxygen atoms in total. The summed E-state index contributed by atoms with van der Waals surface area (Å²) in [6.07, 6.45) is 4.39. The first-order valence-corrected chi connectivity index (χ1v) is 7.61. The van der Waals surface area contributed by atoms with Crippen molar-refractivity contribution in [2.45, 2.75) is 51.7 Å². The van der Waals surface area contributed by atoms with Gasteiger partial charge in [-0.2, -0.15) is 0 Å². The van der Waals surface area contributed by atoms with Gasteiger partial charge in [-0.05, 0) is 43.7 Å². The van der Waals surface area contributed by atoms with Gasteiger partial charge in [-0.1, -0.05) is 44.2 Å². The predicted octanol–water partition coefficient (Wildman–Crippen LogP) is 3.10. The third kappa shape index (κ3) is 5.33. The van der Waals surface area contributed by atoms with Crippen LogP contribution in [0.25, 0.3) is 0 Å². The van der Waals surface area contributed by atoms with E-state index in [0.717, 1.165) is 31.5 Å². The summed E-state index contributed by atoms with van der Waals surface area (Å²) in [5, 5.41) is 10.3. The molecule has 0 saturated heterocycles. The molecule has 0 bridgehead atoms. The molecule has 1 N–H and O–H groups in total. The summed E-state index contributed by atoms with van der Waals surface area (Å²) in [6, 6.07) is 11.0. The number of hydrogen-bond acceptors (Lipinski definition) is 2. The first-order chi connectivity index (χ1) is 9.15. The molecule has 1 saturated carbocycles. The number of aliphatic hydroxyl groups is 1. The SMILES string of the molecule is CC(C)CCN(CC(O)Cc1ccccc1)C1CC1. The lowest BCUT2D eigenvalue weighted by molar-refractivity contribution is 0.105. The van der Waals surface area contributed by atoms with Gasteiger partial charge < -0.3 is 5.11 Å². The quantitative estimate of drug-likeness (QED) is 0.777. The molecule has 1 aromatic carbocycles. The molecule has 0 aliphatic heterocycles. The van der Waals surface area contributed by atoms with Gasteiger partial charge in [0, 0.05) is 12.6 Å². The summed E-state index contributed by atoms with van der Waals surface area (Å²) in [7, 11) is 0. The van der Waals surface area contributed by atoms with Crippen molar-refractivity contribution >= 4 is 0 Å². The molecule has 2 rings (SSSR count). The van der Waals surface area contributed by atoms with Crippen LogP contribution in [-0.4, -0.2) is 35.2 Å². The molecule has 19 heavy (non-hydrogen) atoms. The highest BCUT2D eigenvalue weighted by Gasteiger charge is 2.29. The third-order valence-electron chi connectivity index (χ3n) is 3.82.